The third-order valence-electron chi connectivity index (χ3n) is 2.53. The average molecular weight is 277 g/mol. The van der Waals surface area contributed by atoms with Gasteiger partial charge in [0.1, 0.15) is 5.75 Å². The number of hydrogen-bond donors (Lipinski definition) is 0. The van der Waals surface area contributed by atoms with E-state index in [4.69, 9.17) is 4.74 Å². The van der Waals surface area contributed by atoms with Gasteiger partial charge in [0, 0.05) is 10.9 Å². The van der Waals surface area contributed by atoms with Gasteiger partial charge in [-0.2, -0.15) is 0 Å². The SMILES string of the molecule is COc1ccccc1Cc1ccccc1Br. The summed E-state index contributed by atoms with van der Waals surface area (Å²) in [5.74, 6) is 0.943. The molecule has 0 spiro atoms. The Hall–Kier alpha value is -1.28. The summed E-state index contributed by atoms with van der Waals surface area (Å²) in [5.41, 5.74) is 2.48. The zero-order valence-corrected chi connectivity index (χ0v) is 10.7. The minimum Gasteiger partial charge on any atom is -0.496 e. The molecule has 0 aliphatic heterocycles. The van der Waals surface area contributed by atoms with Gasteiger partial charge in [0.05, 0.1) is 7.11 Å². The molecule has 0 saturated carbocycles. The molecule has 1 nitrogen and oxygen atoms in total. The first-order chi connectivity index (χ1) is 7.81. The average Bonchev–Trinajstić information content (AvgIpc) is 2.33. The Morgan fingerprint density at radius 3 is 2.25 bits per heavy atom. The smallest absolute Gasteiger partial charge is 0.122 e. The predicted octanol–water partition coefficient (Wildman–Crippen LogP) is 4.05. The van der Waals surface area contributed by atoms with Crippen LogP contribution in [-0.2, 0) is 6.42 Å². The molecule has 2 heteroatoms. The van der Waals surface area contributed by atoms with E-state index in [9.17, 15) is 0 Å². The monoisotopic (exact) mass is 276 g/mol. The normalized spacial score (nSPS) is 10.1. The molecule has 0 fully saturated rings. The van der Waals surface area contributed by atoms with Crippen molar-refractivity contribution in [2.24, 2.45) is 0 Å². The van der Waals surface area contributed by atoms with Gasteiger partial charge in [-0.15, -0.1) is 0 Å². The van der Waals surface area contributed by atoms with Crippen molar-refractivity contribution in [3.63, 3.8) is 0 Å². The van der Waals surface area contributed by atoms with Crippen molar-refractivity contribution in [1.82, 2.24) is 0 Å². The molecule has 16 heavy (non-hydrogen) atoms. The first kappa shape index (κ1) is 11.2. The molecule has 0 aromatic heterocycles. The van der Waals surface area contributed by atoms with Gasteiger partial charge in [0.2, 0.25) is 0 Å². The van der Waals surface area contributed by atoms with E-state index in [1.54, 1.807) is 7.11 Å². The van der Waals surface area contributed by atoms with Crippen LogP contribution >= 0.6 is 15.9 Å². The summed E-state index contributed by atoms with van der Waals surface area (Å²) >= 11 is 3.56. The molecule has 0 N–H and O–H groups in total. The van der Waals surface area contributed by atoms with E-state index in [-0.39, 0.29) is 0 Å². The highest BCUT2D eigenvalue weighted by molar-refractivity contribution is 9.10. The van der Waals surface area contributed by atoms with Crippen molar-refractivity contribution in [3.8, 4) is 5.75 Å². The standard InChI is InChI=1S/C14H13BrO/c1-16-14-9-5-3-7-12(14)10-11-6-2-4-8-13(11)15/h2-9H,10H2,1H3. The summed E-state index contributed by atoms with van der Waals surface area (Å²) in [7, 11) is 1.71. The third kappa shape index (κ3) is 2.45. The Kier molecular flexibility index (Phi) is 3.62. The predicted molar refractivity (Wildman–Crippen MR) is 69.9 cm³/mol. The molecule has 2 aromatic carbocycles. The van der Waals surface area contributed by atoms with Gasteiger partial charge < -0.3 is 4.74 Å². The molecule has 0 saturated heterocycles. The Balaban J connectivity index is 2.30. The Morgan fingerprint density at radius 1 is 0.938 bits per heavy atom. The van der Waals surface area contributed by atoms with Crippen LogP contribution in [0.4, 0.5) is 0 Å². The molecular weight excluding hydrogens is 264 g/mol. The van der Waals surface area contributed by atoms with Crippen LogP contribution in [0.1, 0.15) is 11.1 Å². The van der Waals surface area contributed by atoms with E-state index in [1.807, 2.05) is 24.3 Å². The summed E-state index contributed by atoms with van der Waals surface area (Å²) < 4.78 is 6.48. The zero-order chi connectivity index (χ0) is 11.4. The van der Waals surface area contributed by atoms with E-state index in [2.05, 4.69) is 40.2 Å². The summed E-state index contributed by atoms with van der Waals surface area (Å²) in [5, 5.41) is 0. The summed E-state index contributed by atoms with van der Waals surface area (Å²) in [6.45, 7) is 0. The molecule has 0 heterocycles. The molecule has 0 unspecified atom stereocenters. The highest BCUT2D eigenvalue weighted by Crippen LogP contribution is 2.24. The van der Waals surface area contributed by atoms with Crippen LogP contribution in [-0.4, -0.2) is 7.11 Å². The van der Waals surface area contributed by atoms with Gasteiger partial charge in [-0.3, -0.25) is 0 Å². The molecule has 2 rings (SSSR count). The molecule has 82 valence electrons. The maximum Gasteiger partial charge on any atom is 0.122 e. The van der Waals surface area contributed by atoms with Gasteiger partial charge in [0.25, 0.3) is 0 Å². The van der Waals surface area contributed by atoms with E-state index in [0.29, 0.717) is 0 Å². The molecule has 2 aromatic rings. The van der Waals surface area contributed by atoms with Crippen LogP contribution in [0.5, 0.6) is 5.75 Å². The van der Waals surface area contributed by atoms with Crippen LogP contribution in [0.15, 0.2) is 53.0 Å². The Morgan fingerprint density at radius 2 is 1.56 bits per heavy atom. The lowest BCUT2D eigenvalue weighted by molar-refractivity contribution is 0.410. The van der Waals surface area contributed by atoms with E-state index >= 15 is 0 Å². The minimum atomic E-state index is 0.880. The second-order valence-electron chi connectivity index (χ2n) is 3.58. The molecule has 0 amide bonds. The number of hydrogen-bond acceptors (Lipinski definition) is 1. The van der Waals surface area contributed by atoms with Crippen LogP contribution in [0.3, 0.4) is 0 Å². The second-order valence-corrected chi connectivity index (χ2v) is 4.43. The molecule has 0 bridgehead atoms. The van der Waals surface area contributed by atoms with Crippen LogP contribution < -0.4 is 4.74 Å². The first-order valence-corrected chi connectivity index (χ1v) is 5.96. The van der Waals surface area contributed by atoms with E-state index < -0.39 is 0 Å². The summed E-state index contributed by atoms with van der Waals surface area (Å²) in [4.78, 5) is 0. The van der Waals surface area contributed by atoms with Crippen molar-refractivity contribution >= 4 is 15.9 Å². The molecule has 0 radical (unpaired) electrons. The van der Waals surface area contributed by atoms with Crippen LogP contribution in [0, 0.1) is 0 Å². The lowest BCUT2D eigenvalue weighted by Gasteiger charge is -2.09. The van der Waals surface area contributed by atoms with Crippen molar-refractivity contribution in [2.45, 2.75) is 6.42 Å². The second kappa shape index (κ2) is 5.17. The highest BCUT2D eigenvalue weighted by atomic mass is 79.9. The fourth-order valence-electron chi connectivity index (χ4n) is 1.70. The van der Waals surface area contributed by atoms with Gasteiger partial charge in [-0.25, -0.2) is 0 Å². The lowest BCUT2D eigenvalue weighted by atomic mass is 10.0. The van der Waals surface area contributed by atoms with Gasteiger partial charge in [-0.05, 0) is 23.3 Å². The fraction of sp³-hybridized carbons (Fsp3) is 0.143. The van der Waals surface area contributed by atoms with Crippen LogP contribution in [0.25, 0.3) is 0 Å². The van der Waals surface area contributed by atoms with E-state index in [1.165, 1.54) is 11.1 Å². The van der Waals surface area contributed by atoms with Crippen molar-refractivity contribution in [1.29, 1.82) is 0 Å². The molecule has 0 aliphatic carbocycles. The fourth-order valence-corrected chi connectivity index (χ4v) is 2.12. The Bertz CT molecular complexity index is 480. The highest BCUT2D eigenvalue weighted by Gasteiger charge is 2.04. The van der Waals surface area contributed by atoms with Crippen molar-refractivity contribution in [2.75, 3.05) is 7.11 Å². The number of methoxy groups -OCH3 is 1. The maximum absolute atomic E-state index is 5.34. The summed E-state index contributed by atoms with van der Waals surface area (Å²) in [6, 6.07) is 16.4. The van der Waals surface area contributed by atoms with Crippen molar-refractivity contribution in [3.05, 3.63) is 64.1 Å². The van der Waals surface area contributed by atoms with Crippen molar-refractivity contribution < 1.29 is 4.74 Å². The topological polar surface area (TPSA) is 9.23 Å². The maximum atomic E-state index is 5.34. The largest absolute Gasteiger partial charge is 0.496 e. The van der Waals surface area contributed by atoms with Gasteiger partial charge in [-0.1, -0.05) is 52.3 Å². The first-order valence-electron chi connectivity index (χ1n) is 5.16. The number of rotatable bonds is 3. The van der Waals surface area contributed by atoms with Gasteiger partial charge in [0.15, 0.2) is 0 Å². The minimum absolute atomic E-state index is 0.880. The lowest BCUT2D eigenvalue weighted by Crippen LogP contribution is -1.94. The van der Waals surface area contributed by atoms with Gasteiger partial charge >= 0.3 is 0 Å². The number of ether oxygens (including phenoxy) is 1. The number of benzene rings is 2. The van der Waals surface area contributed by atoms with Crippen LogP contribution in [0.2, 0.25) is 0 Å². The number of halogens is 1. The zero-order valence-electron chi connectivity index (χ0n) is 9.11. The number of para-hydroxylation sites is 1. The quantitative estimate of drug-likeness (QED) is 0.822. The summed E-state index contributed by atoms with van der Waals surface area (Å²) in [6.07, 6.45) is 0.880. The van der Waals surface area contributed by atoms with E-state index in [0.717, 1.165) is 16.6 Å². The molecule has 0 atom stereocenters. The molecule has 0 aliphatic rings. The molecular formula is C14H13BrO. The Labute approximate surface area is 104 Å². The third-order valence-corrected chi connectivity index (χ3v) is 3.30.